The molecule has 35 heavy (non-hydrogen) atoms. The molecule has 0 radical (unpaired) electrons. The minimum absolute atomic E-state index is 0.0700. The van der Waals surface area contributed by atoms with Crippen LogP contribution in [0.15, 0.2) is 73.2 Å². The van der Waals surface area contributed by atoms with Crippen LogP contribution >= 0.6 is 0 Å². The van der Waals surface area contributed by atoms with E-state index < -0.39 is 0 Å². The molecule has 170 valence electrons. The summed E-state index contributed by atoms with van der Waals surface area (Å²) in [5, 5.41) is 10.4. The Morgan fingerprint density at radius 1 is 0.943 bits per heavy atom. The number of fused-ring (bicyclic) bond motifs is 2. The van der Waals surface area contributed by atoms with E-state index in [0.29, 0.717) is 34.8 Å². The van der Waals surface area contributed by atoms with Gasteiger partial charge in [-0.05, 0) is 36.4 Å². The molecule has 0 saturated heterocycles. The van der Waals surface area contributed by atoms with E-state index in [1.807, 2.05) is 54.6 Å². The van der Waals surface area contributed by atoms with Gasteiger partial charge in [0.05, 0.1) is 39.8 Å². The summed E-state index contributed by atoms with van der Waals surface area (Å²) < 4.78 is 0. The Bertz CT molecular complexity index is 1690. The Morgan fingerprint density at radius 3 is 2.74 bits per heavy atom. The van der Waals surface area contributed by atoms with E-state index in [9.17, 15) is 4.79 Å². The molecule has 6 aromatic rings. The molecule has 0 aliphatic heterocycles. The van der Waals surface area contributed by atoms with Gasteiger partial charge in [0.15, 0.2) is 11.5 Å². The molecule has 0 aliphatic carbocycles. The van der Waals surface area contributed by atoms with E-state index >= 15 is 0 Å². The van der Waals surface area contributed by atoms with Crippen LogP contribution < -0.4 is 5.32 Å². The molecule has 6 rings (SSSR count). The van der Waals surface area contributed by atoms with Crippen molar-refractivity contribution in [1.82, 2.24) is 35.1 Å². The van der Waals surface area contributed by atoms with Crippen LogP contribution in [0.1, 0.15) is 13.3 Å². The number of nitrogens with zero attached hydrogens (tertiary/aromatic N) is 5. The molecular weight excluding hydrogens is 440 g/mol. The monoisotopic (exact) mass is 460 g/mol. The topological polar surface area (TPSA) is 125 Å². The first-order valence-corrected chi connectivity index (χ1v) is 11.2. The lowest BCUT2D eigenvalue weighted by atomic mass is 10.1. The van der Waals surface area contributed by atoms with Crippen LogP contribution in [-0.4, -0.2) is 41.0 Å². The third kappa shape index (κ3) is 3.78. The lowest BCUT2D eigenvalue weighted by Crippen LogP contribution is -2.09. The van der Waals surface area contributed by atoms with Crippen LogP contribution in [0.4, 0.5) is 5.69 Å². The zero-order valence-corrected chi connectivity index (χ0v) is 18.8. The molecule has 1 aromatic carbocycles. The number of carbonyl (C=O) groups is 1. The number of para-hydroxylation sites is 1. The molecule has 5 heterocycles. The van der Waals surface area contributed by atoms with Gasteiger partial charge in [-0.1, -0.05) is 25.1 Å². The van der Waals surface area contributed by atoms with Gasteiger partial charge >= 0.3 is 0 Å². The van der Waals surface area contributed by atoms with E-state index in [-0.39, 0.29) is 5.91 Å². The quantitative estimate of drug-likeness (QED) is 0.333. The molecule has 0 unspecified atom stereocenters. The molecule has 0 saturated carbocycles. The highest BCUT2D eigenvalue weighted by molar-refractivity contribution is 5.96. The molecule has 3 N–H and O–H groups in total. The predicted molar refractivity (Wildman–Crippen MR) is 134 cm³/mol. The standard InChI is InChI=1S/C26H20N8O/c1-2-22(35)29-16-12-15(13-27-14-16)18-9-10-21-24(30-18)25(34-33-21)26-31-20-8-5-6-17(23(20)32-26)19-7-3-4-11-28-19/h3-14H,2H2,1H3,(H,29,35)(H,31,32)(H,33,34). The van der Waals surface area contributed by atoms with Gasteiger partial charge in [-0.2, -0.15) is 5.10 Å². The highest BCUT2D eigenvalue weighted by atomic mass is 16.1. The fraction of sp³-hybridized carbons (Fsp3) is 0.0769. The number of pyridine rings is 3. The summed E-state index contributed by atoms with van der Waals surface area (Å²) in [6, 6.07) is 17.4. The number of amides is 1. The molecular formula is C26H20N8O. The van der Waals surface area contributed by atoms with E-state index in [0.717, 1.165) is 33.4 Å². The fourth-order valence-electron chi connectivity index (χ4n) is 4.00. The number of H-pyrrole nitrogens is 2. The maximum absolute atomic E-state index is 11.8. The molecule has 5 aromatic heterocycles. The summed E-state index contributed by atoms with van der Waals surface area (Å²) in [4.78, 5) is 33.6. The minimum atomic E-state index is -0.0700. The molecule has 0 aliphatic rings. The molecule has 9 heteroatoms. The van der Waals surface area contributed by atoms with Gasteiger partial charge in [0.2, 0.25) is 5.91 Å². The van der Waals surface area contributed by atoms with Crippen LogP contribution in [0.2, 0.25) is 0 Å². The Balaban J connectivity index is 1.43. The number of aromatic amines is 2. The van der Waals surface area contributed by atoms with Crippen molar-refractivity contribution in [3.8, 4) is 34.0 Å². The number of rotatable bonds is 5. The summed E-state index contributed by atoms with van der Waals surface area (Å²) in [6.45, 7) is 1.81. The number of hydrogen-bond acceptors (Lipinski definition) is 6. The number of hydrogen-bond donors (Lipinski definition) is 3. The predicted octanol–water partition coefficient (Wildman–Crippen LogP) is 4.97. The van der Waals surface area contributed by atoms with Crippen LogP contribution in [0.3, 0.4) is 0 Å². The Morgan fingerprint density at radius 2 is 1.89 bits per heavy atom. The number of aromatic nitrogens is 7. The van der Waals surface area contributed by atoms with E-state index in [1.54, 1.807) is 25.5 Å². The lowest BCUT2D eigenvalue weighted by Gasteiger charge is -2.06. The number of benzene rings is 1. The van der Waals surface area contributed by atoms with Gasteiger partial charge < -0.3 is 10.3 Å². The maximum Gasteiger partial charge on any atom is 0.224 e. The average molecular weight is 461 g/mol. The van der Waals surface area contributed by atoms with Gasteiger partial charge in [-0.15, -0.1) is 0 Å². The van der Waals surface area contributed by atoms with Crippen LogP contribution in [-0.2, 0) is 4.79 Å². The molecule has 1 amide bonds. The zero-order chi connectivity index (χ0) is 23.8. The number of anilines is 1. The smallest absolute Gasteiger partial charge is 0.224 e. The van der Waals surface area contributed by atoms with E-state index in [4.69, 9.17) is 9.97 Å². The summed E-state index contributed by atoms with van der Waals surface area (Å²) in [6.07, 6.45) is 5.50. The average Bonchev–Trinajstić information content (AvgIpc) is 3.53. The fourth-order valence-corrected chi connectivity index (χ4v) is 4.00. The zero-order valence-electron chi connectivity index (χ0n) is 18.8. The first kappa shape index (κ1) is 20.7. The van der Waals surface area contributed by atoms with E-state index in [1.165, 1.54) is 0 Å². The second-order valence-corrected chi connectivity index (χ2v) is 8.03. The Labute approximate surface area is 199 Å². The van der Waals surface area contributed by atoms with Crippen LogP contribution in [0, 0.1) is 0 Å². The van der Waals surface area contributed by atoms with Gasteiger partial charge in [-0.25, -0.2) is 9.97 Å². The van der Waals surface area contributed by atoms with Crippen molar-refractivity contribution in [2.24, 2.45) is 0 Å². The largest absolute Gasteiger partial charge is 0.336 e. The van der Waals surface area contributed by atoms with Crippen molar-refractivity contribution in [1.29, 1.82) is 0 Å². The van der Waals surface area contributed by atoms with Crippen molar-refractivity contribution < 1.29 is 4.79 Å². The second kappa shape index (κ2) is 8.45. The van der Waals surface area contributed by atoms with Crippen molar-refractivity contribution in [2.75, 3.05) is 5.32 Å². The third-order valence-corrected chi connectivity index (χ3v) is 5.72. The van der Waals surface area contributed by atoms with Gasteiger partial charge in [0.25, 0.3) is 0 Å². The first-order valence-electron chi connectivity index (χ1n) is 11.2. The van der Waals surface area contributed by atoms with Crippen molar-refractivity contribution >= 4 is 33.7 Å². The molecule has 0 bridgehead atoms. The summed E-state index contributed by atoms with van der Waals surface area (Å²) in [7, 11) is 0. The number of imidazole rings is 1. The molecule has 0 atom stereocenters. The Kier molecular flexibility index (Phi) is 4.99. The van der Waals surface area contributed by atoms with E-state index in [2.05, 4.69) is 30.5 Å². The maximum atomic E-state index is 11.8. The number of carbonyl (C=O) groups excluding carboxylic acids is 1. The summed E-state index contributed by atoms with van der Waals surface area (Å²) in [5.74, 6) is 0.542. The van der Waals surface area contributed by atoms with Crippen LogP contribution in [0.5, 0.6) is 0 Å². The number of nitrogens with one attached hydrogen (secondary N) is 3. The summed E-state index contributed by atoms with van der Waals surface area (Å²) in [5.41, 5.74) is 7.72. The molecule has 0 spiro atoms. The normalized spacial score (nSPS) is 11.2. The molecule has 9 nitrogen and oxygen atoms in total. The summed E-state index contributed by atoms with van der Waals surface area (Å²) >= 11 is 0. The van der Waals surface area contributed by atoms with Crippen molar-refractivity contribution in [3.63, 3.8) is 0 Å². The SMILES string of the molecule is CCC(=O)Nc1cncc(-c2ccc3[nH]nc(-c4nc5c(-c6ccccn6)cccc5[nH]4)c3n2)c1. The highest BCUT2D eigenvalue weighted by Gasteiger charge is 2.17. The lowest BCUT2D eigenvalue weighted by molar-refractivity contribution is -0.115. The van der Waals surface area contributed by atoms with Crippen molar-refractivity contribution in [2.45, 2.75) is 13.3 Å². The molecule has 0 fully saturated rings. The van der Waals surface area contributed by atoms with Crippen molar-refractivity contribution in [3.05, 3.63) is 73.2 Å². The second-order valence-electron chi connectivity index (χ2n) is 8.03. The van der Waals surface area contributed by atoms with Gasteiger partial charge in [0, 0.05) is 29.9 Å². The minimum Gasteiger partial charge on any atom is -0.336 e. The van der Waals surface area contributed by atoms with Gasteiger partial charge in [-0.3, -0.25) is 19.9 Å². The first-order chi connectivity index (χ1) is 17.2. The third-order valence-electron chi connectivity index (χ3n) is 5.72. The Hall–Kier alpha value is -4.92. The highest BCUT2D eigenvalue weighted by Crippen LogP contribution is 2.31. The van der Waals surface area contributed by atoms with Gasteiger partial charge in [0.1, 0.15) is 5.52 Å². The van der Waals surface area contributed by atoms with Crippen LogP contribution in [0.25, 0.3) is 56.1 Å².